The first-order valence-electron chi connectivity index (χ1n) is 5.68. The lowest BCUT2D eigenvalue weighted by molar-refractivity contribution is -0.146. The largest absolute Gasteiger partial charge is 0.478 e. The van der Waals surface area contributed by atoms with Gasteiger partial charge in [-0.05, 0) is 24.9 Å². The quantitative estimate of drug-likeness (QED) is 0.792. The number of aromatic carboxylic acids is 1. The number of hydrogen-bond acceptors (Lipinski definition) is 6. The molecule has 0 aromatic carbocycles. The number of nitrogens with zero attached hydrogens (tertiary/aromatic N) is 2. The maximum atomic E-state index is 11.9. The number of carboxylic acids is 1. The zero-order valence-electron chi connectivity index (χ0n) is 10.5. The van der Waals surface area contributed by atoms with Gasteiger partial charge in [-0.15, -0.1) is 0 Å². The zero-order valence-corrected chi connectivity index (χ0v) is 11.3. The Kier molecular flexibility index (Phi) is 3.52. The fraction of sp³-hybridized carbons (Fsp3) is 0.455. The fourth-order valence-corrected chi connectivity index (χ4v) is 2.77. The Balaban J connectivity index is 2.20. The summed E-state index contributed by atoms with van der Waals surface area (Å²) in [5, 5.41) is 12.3. The van der Waals surface area contributed by atoms with E-state index in [1.54, 1.807) is 6.92 Å². The number of likely N-dealkylation sites (tertiary alicyclic amines) is 1. The maximum Gasteiger partial charge on any atom is 0.340 e. The molecular weight excluding hydrogens is 270 g/mol. The van der Waals surface area contributed by atoms with Gasteiger partial charge in [0, 0.05) is 13.5 Å². The Morgan fingerprint density at radius 2 is 2.21 bits per heavy atom. The molecule has 2 heterocycles. The third-order valence-electron chi connectivity index (χ3n) is 3.03. The Hall–Kier alpha value is -1.96. The molecule has 7 nitrogen and oxygen atoms in total. The van der Waals surface area contributed by atoms with Crippen molar-refractivity contribution in [3.63, 3.8) is 0 Å². The maximum absolute atomic E-state index is 11.9. The smallest absolute Gasteiger partial charge is 0.340 e. The van der Waals surface area contributed by atoms with Crippen molar-refractivity contribution in [2.24, 2.45) is 0 Å². The molecule has 8 heteroatoms. The predicted octanol–water partition coefficient (Wildman–Crippen LogP) is 0.709. The van der Waals surface area contributed by atoms with Gasteiger partial charge in [0.05, 0.1) is 5.69 Å². The van der Waals surface area contributed by atoms with Crippen LogP contribution in [0.25, 0.3) is 0 Å². The lowest BCUT2D eigenvalue weighted by Gasteiger charge is -2.28. The lowest BCUT2D eigenvalue weighted by atomic mass is 10.0. The van der Waals surface area contributed by atoms with Crippen LogP contribution >= 0.6 is 11.5 Å². The van der Waals surface area contributed by atoms with Crippen LogP contribution in [0.1, 0.15) is 28.9 Å². The van der Waals surface area contributed by atoms with Crippen molar-refractivity contribution in [3.05, 3.63) is 11.3 Å². The van der Waals surface area contributed by atoms with Gasteiger partial charge < -0.3 is 10.4 Å². The van der Waals surface area contributed by atoms with Crippen LogP contribution in [-0.4, -0.2) is 45.3 Å². The van der Waals surface area contributed by atoms with E-state index in [-0.39, 0.29) is 23.8 Å². The Bertz CT molecular complexity index is 554. The number of rotatable bonds is 3. The van der Waals surface area contributed by atoms with Crippen molar-refractivity contribution >= 4 is 34.3 Å². The van der Waals surface area contributed by atoms with Crippen molar-refractivity contribution in [3.8, 4) is 0 Å². The molecule has 2 rings (SSSR count). The minimum atomic E-state index is -1.08. The van der Waals surface area contributed by atoms with Gasteiger partial charge in [-0.1, -0.05) is 0 Å². The number of nitrogens with one attached hydrogen (secondary N) is 1. The third-order valence-corrected chi connectivity index (χ3v) is 3.90. The van der Waals surface area contributed by atoms with E-state index in [2.05, 4.69) is 9.69 Å². The van der Waals surface area contributed by atoms with Gasteiger partial charge in [-0.2, -0.15) is 4.37 Å². The molecule has 0 spiro atoms. The minimum Gasteiger partial charge on any atom is -0.478 e. The molecule has 19 heavy (non-hydrogen) atoms. The highest BCUT2D eigenvalue weighted by Crippen LogP contribution is 2.27. The second-order valence-corrected chi connectivity index (χ2v) is 5.08. The highest BCUT2D eigenvalue weighted by atomic mass is 32.1. The SMILES string of the molecule is Cc1nsc(NC2CCC(=O)N(C)C2=O)c1C(=O)O. The van der Waals surface area contributed by atoms with Crippen molar-refractivity contribution in [2.45, 2.75) is 25.8 Å². The number of carboxylic acid groups (broad SMARTS) is 1. The predicted molar refractivity (Wildman–Crippen MR) is 68.2 cm³/mol. The summed E-state index contributed by atoms with van der Waals surface area (Å²) in [5.74, 6) is -1.65. The first-order chi connectivity index (χ1) is 8.91. The van der Waals surface area contributed by atoms with E-state index in [0.29, 0.717) is 17.1 Å². The van der Waals surface area contributed by atoms with Gasteiger partial charge in [0.15, 0.2) is 0 Å². The van der Waals surface area contributed by atoms with Crippen LogP contribution in [0.4, 0.5) is 5.00 Å². The summed E-state index contributed by atoms with van der Waals surface area (Å²) in [6.45, 7) is 1.60. The number of carbonyl (C=O) groups is 3. The average Bonchev–Trinajstić information content (AvgIpc) is 2.71. The summed E-state index contributed by atoms with van der Waals surface area (Å²) in [7, 11) is 1.43. The van der Waals surface area contributed by atoms with Crippen LogP contribution < -0.4 is 5.32 Å². The van der Waals surface area contributed by atoms with Gasteiger partial charge in [-0.3, -0.25) is 14.5 Å². The number of aryl methyl sites for hydroxylation is 1. The standard InChI is InChI=1S/C11H13N3O4S/c1-5-8(11(17)18)9(19-13-5)12-6-3-4-7(15)14(2)10(6)16/h6,12H,3-4H2,1-2H3,(H,17,18). The molecule has 1 unspecified atom stereocenters. The molecule has 1 saturated heterocycles. The lowest BCUT2D eigenvalue weighted by Crippen LogP contribution is -2.48. The molecule has 1 fully saturated rings. The van der Waals surface area contributed by atoms with Crippen molar-refractivity contribution in [1.82, 2.24) is 9.27 Å². The fourth-order valence-electron chi connectivity index (χ4n) is 1.93. The second-order valence-electron chi connectivity index (χ2n) is 4.30. The molecule has 0 saturated carbocycles. The number of likely N-dealkylation sites (N-methyl/N-ethyl adjacent to an activating group) is 1. The van der Waals surface area contributed by atoms with E-state index in [0.717, 1.165) is 16.4 Å². The molecular formula is C11H13N3O4S. The van der Waals surface area contributed by atoms with Crippen LogP contribution in [-0.2, 0) is 9.59 Å². The van der Waals surface area contributed by atoms with Crippen LogP contribution in [0.15, 0.2) is 0 Å². The average molecular weight is 283 g/mol. The molecule has 1 aromatic rings. The molecule has 0 radical (unpaired) electrons. The number of anilines is 1. The number of aromatic nitrogens is 1. The van der Waals surface area contributed by atoms with Gasteiger partial charge in [0.2, 0.25) is 5.91 Å². The first kappa shape index (κ1) is 13.5. The molecule has 1 atom stereocenters. The molecule has 1 aliphatic heterocycles. The molecule has 0 aliphatic carbocycles. The van der Waals surface area contributed by atoms with Crippen LogP contribution in [0.5, 0.6) is 0 Å². The molecule has 2 N–H and O–H groups in total. The topological polar surface area (TPSA) is 99.6 Å². The number of imide groups is 1. The monoisotopic (exact) mass is 283 g/mol. The number of hydrogen-bond donors (Lipinski definition) is 2. The van der Waals surface area contributed by atoms with Crippen molar-refractivity contribution < 1.29 is 19.5 Å². The third kappa shape index (κ3) is 2.43. The number of carbonyl (C=O) groups excluding carboxylic acids is 2. The van der Waals surface area contributed by atoms with Crippen molar-refractivity contribution in [1.29, 1.82) is 0 Å². The van der Waals surface area contributed by atoms with E-state index >= 15 is 0 Å². The highest BCUT2D eigenvalue weighted by molar-refractivity contribution is 7.10. The summed E-state index contributed by atoms with van der Waals surface area (Å²) in [6.07, 6.45) is 0.623. The molecule has 0 bridgehead atoms. The van der Waals surface area contributed by atoms with Gasteiger partial charge in [0.1, 0.15) is 16.6 Å². The summed E-state index contributed by atoms with van der Waals surface area (Å²) < 4.78 is 3.97. The van der Waals surface area contributed by atoms with Gasteiger partial charge in [0.25, 0.3) is 5.91 Å². The molecule has 1 aromatic heterocycles. The minimum absolute atomic E-state index is 0.0809. The Labute approximate surface area is 113 Å². The second kappa shape index (κ2) is 4.96. The van der Waals surface area contributed by atoms with E-state index in [9.17, 15) is 14.4 Å². The van der Waals surface area contributed by atoms with Crippen LogP contribution in [0, 0.1) is 6.92 Å². The normalized spacial score (nSPS) is 19.7. The van der Waals surface area contributed by atoms with E-state index in [1.165, 1.54) is 7.05 Å². The van der Waals surface area contributed by atoms with Crippen molar-refractivity contribution in [2.75, 3.05) is 12.4 Å². The summed E-state index contributed by atoms with van der Waals surface area (Å²) in [4.78, 5) is 35.4. The first-order valence-corrected chi connectivity index (χ1v) is 6.45. The van der Waals surface area contributed by atoms with Gasteiger partial charge in [-0.25, -0.2) is 4.79 Å². The summed E-state index contributed by atoms with van der Waals surface area (Å²) >= 11 is 1.00. The Morgan fingerprint density at radius 3 is 2.84 bits per heavy atom. The molecule has 1 aliphatic rings. The molecule has 102 valence electrons. The van der Waals surface area contributed by atoms with Crippen LogP contribution in [0.3, 0.4) is 0 Å². The Morgan fingerprint density at radius 1 is 1.53 bits per heavy atom. The number of piperidine rings is 1. The van der Waals surface area contributed by atoms with Gasteiger partial charge >= 0.3 is 5.97 Å². The highest BCUT2D eigenvalue weighted by Gasteiger charge is 2.33. The summed E-state index contributed by atoms with van der Waals surface area (Å²) in [6, 6.07) is -0.583. The summed E-state index contributed by atoms with van der Waals surface area (Å²) in [5.41, 5.74) is 0.491. The van der Waals surface area contributed by atoms with Crippen LogP contribution in [0.2, 0.25) is 0 Å². The van der Waals surface area contributed by atoms with E-state index in [1.807, 2.05) is 0 Å². The van der Waals surface area contributed by atoms with E-state index in [4.69, 9.17) is 5.11 Å². The number of amides is 2. The van der Waals surface area contributed by atoms with E-state index < -0.39 is 12.0 Å². The molecule has 2 amide bonds. The zero-order chi connectivity index (χ0) is 14.2.